The number of rotatable bonds is 19. The molecule has 0 aromatic heterocycles. The van der Waals surface area contributed by atoms with Crippen molar-refractivity contribution in [3.8, 4) is 0 Å². The number of amides is 1. The van der Waals surface area contributed by atoms with Crippen molar-refractivity contribution in [3.63, 3.8) is 0 Å². The average molecular weight is 487 g/mol. The van der Waals surface area contributed by atoms with Crippen LogP contribution in [-0.2, 0) is 28.8 Å². The molecule has 34 heavy (non-hydrogen) atoms. The van der Waals surface area contributed by atoms with Gasteiger partial charge in [0.15, 0.2) is 11.6 Å². The summed E-state index contributed by atoms with van der Waals surface area (Å²) in [5.74, 6) is -5.93. The standard InChI is InChI=1S/C23H38N2O9/c1-13(2)11-18(26)17(7-10-22(32)33)25-23(34)15(5-8-20(28)29)12-19(27)16(24-14(3)4)6-9-21(30)31/h13-17,24H,5-12H2,1-4H3,(H,25,34)(H,28,29)(H,30,31)(H,32,33). The van der Waals surface area contributed by atoms with Gasteiger partial charge >= 0.3 is 17.9 Å². The lowest BCUT2D eigenvalue weighted by atomic mass is 9.90. The number of ketones is 2. The molecule has 0 aliphatic heterocycles. The van der Waals surface area contributed by atoms with E-state index in [4.69, 9.17) is 15.3 Å². The zero-order chi connectivity index (χ0) is 26.4. The van der Waals surface area contributed by atoms with E-state index in [-0.39, 0.29) is 69.1 Å². The van der Waals surface area contributed by atoms with Gasteiger partial charge in [-0.15, -0.1) is 0 Å². The second-order valence-corrected chi connectivity index (χ2v) is 9.16. The highest BCUT2D eigenvalue weighted by Gasteiger charge is 2.30. The molecule has 0 saturated carbocycles. The van der Waals surface area contributed by atoms with Gasteiger partial charge in [0.2, 0.25) is 5.91 Å². The SMILES string of the molecule is CC(C)CC(=O)C(CCC(=O)O)NC(=O)C(CCC(=O)O)CC(=O)C(CCC(=O)O)NC(C)C. The van der Waals surface area contributed by atoms with Crippen LogP contribution in [0.15, 0.2) is 0 Å². The maximum absolute atomic E-state index is 13.0. The molecular formula is C23H38N2O9. The van der Waals surface area contributed by atoms with Gasteiger partial charge in [-0.05, 0) is 25.2 Å². The number of carboxylic acids is 3. The van der Waals surface area contributed by atoms with Crippen molar-refractivity contribution in [2.75, 3.05) is 0 Å². The highest BCUT2D eigenvalue weighted by Crippen LogP contribution is 2.17. The minimum absolute atomic E-state index is 0.00767. The summed E-state index contributed by atoms with van der Waals surface area (Å²) in [6, 6.07) is -2.03. The number of aliphatic carboxylic acids is 3. The summed E-state index contributed by atoms with van der Waals surface area (Å²) in [6.07, 6.45) is -1.49. The summed E-state index contributed by atoms with van der Waals surface area (Å²) >= 11 is 0. The van der Waals surface area contributed by atoms with Crippen LogP contribution >= 0.6 is 0 Å². The lowest BCUT2D eigenvalue weighted by molar-refractivity contribution is -0.140. The van der Waals surface area contributed by atoms with Crippen molar-refractivity contribution in [3.05, 3.63) is 0 Å². The second-order valence-electron chi connectivity index (χ2n) is 9.16. The zero-order valence-electron chi connectivity index (χ0n) is 20.3. The Kier molecular flexibility index (Phi) is 14.6. The number of hydrogen-bond acceptors (Lipinski definition) is 7. The first-order valence-electron chi connectivity index (χ1n) is 11.5. The molecule has 11 heteroatoms. The average Bonchev–Trinajstić information content (AvgIpc) is 2.69. The Balaban J connectivity index is 5.59. The highest BCUT2D eigenvalue weighted by atomic mass is 16.4. The number of Topliss-reactive ketones (excluding diaryl/α,β-unsaturated/α-hetero) is 2. The van der Waals surface area contributed by atoms with Gasteiger partial charge in [-0.1, -0.05) is 27.7 Å². The fourth-order valence-corrected chi connectivity index (χ4v) is 3.43. The van der Waals surface area contributed by atoms with Gasteiger partial charge < -0.3 is 26.0 Å². The Labute approximate surface area is 199 Å². The van der Waals surface area contributed by atoms with E-state index in [1.54, 1.807) is 27.7 Å². The van der Waals surface area contributed by atoms with E-state index >= 15 is 0 Å². The third-order valence-corrected chi connectivity index (χ3v) is 5.06. The van der Waals surface area contributed by atoms with Crippen LogP contribution in [0.4, 0.5) is 0 Å². The van der Waals surface area contributed by atoms with Crippen LogP contribution in [0, 0.1) is 11.8 Å². The normalized spacial score (nSPS) is 13.8. The lowest BCUT2D eigenvalue weighted by Crippen LogP contribution is -2.46. The Hall–Kier alpha value is -2.82. The number of carbonyl (C=O) groups is 6. The van der Waals surface area contributed by atoms with Gasteiger partial charge in [-0.3, -0.25) is 28.8 Å². The van der Waals surface area contributed by atoms with Crippen molar-refractivity contribution >= 4 is 35.4 Å². The Bertz CT molecular complexity index is 734. The molecule has 0 aliphatic carbocycles. The number of hydrogen-bond donors (Lipinski definition) is 5. The molecule has 3 atom stereocenters. The van der Waals surface area contributed by atoms with Crippen LogP contribution in [-0.4, -0.2) is 68.8 Å². The zero-order valence-corrected chi connectivity index (χ0v) is 20.3. The van der Waals surface area contributed by atoms with Crippen molar-refractivity contribution < 1.29 is 44.1 Å². The van der Waals surface area contributed by atoms with E-state index in [1.165, 1.54) is 0 Å². The van der Waals surface area contributed by atoms with Crippen molar-refractivity contribution in [2.45, 2.75) is 97.2 Å². The third-order valence-electron chi connectivity index (χ3n) is 5.06. The number of nitrogens with one attached hydrogen (secondary N) is 2. The summed E-state index contributed by atoms with van der Waals surface area (Å²) in [4.78, 5) is 71.5. The molecule has 0 saturated heterocycles. The van der Waals surface area contributed by atoms with Crippen LogP contribution in [0.3, 0.4) is 0 Å². The van der Waals surface area contributed by atoms with E-state index in [0.717, 1.165) is 0 Å². The van der Waals surface area contributed by atoms with E-state index in [0.29, 0.717) is 0 Å². The second kappa shape index (κ2) is 15.9. The molecule has 0 spiro atoms. The molecule has 0 radical (unpaired) electrons. The predicted octanol–water partition coefficient (Wildman–Crippen LogP) is 1.62. The minimum atomic E-state index is -1.16. The topological polar surface area (TPSA) is 187 Å². The largest absolute Gasteiger partial charge is 0.481 e. The van der Waals surface area contributed by atoms with E-state index in [9.17, 15) is 28.8 Å². The highest BCUT2D eigenvalue weighted by molar-refractivity contribution is 5.93. The Morgan fingerprint density at radius 3 is 1.53 bits per heavy atom. The van der Waals surface area contributed by atoms with Crippen LogP contribution in [0.5, 0.6) is 0 Å². The first-order chi connectivity index (χ1) is 15.7. The number of carbonyl (C=O) groups excluding carboxylic acids is 3. The van der Waals surface area contributed by atoms with Crippen LogP contribution in [0.1, 0.15) is 79.1 Å². The molecule has 0 fully saturated rings. The van der Waals surface area contributed by atoms with Crippen LogP contribution < -0.4 is 10.6 Å². The summed E-state index contributed by atoms with van der Waals surface area (Å²) in [7, 11) is 0. The molecule has 0 aliphatic rings. The molecule has 194 valence electrons. The maximum atomic E-state index is 13.0. The van der Waals surface area contributed by atoms with Gasteiger partial charge in [-0.2, -0.15) is 0 Å². The van der Waals surface area contributed by atoms with Gasteiger partial charge in [0, 0.05) is 44.1 Å². The van der Waals surface area contributed by atoms with Crippen molar-refractivity contribution in [1.29, 1.82) is 0 Å². The van der Waals surface area contributed by atoms with Crippen molar-refractivity contribution in [1.82, 2.24) is 10.6 Å². The van der Waals surface area contributed by atoms with Crippen LogP contribution in [0.25, 0.3) is 0 Å². The smallest absolute Gasteiger partial charge is 0.303 e. The van der Waals surface area contributed by atoms with Gasteiger partial charge in [-0.25, -0.2) is 0 Å². The minimum Gasteiger partial charge on any atom is -0.481 e. The first kappa shape index (κ1) is 31.2. The molecule has 0 aromatic rings. The fraction of sp³-hybridized carbons (Fsp3) is 0.739. The fourth-order valence-electron chi connectivity index (χ4n) is 3.43. The molecule has 0 aromatic carbocycles. The molecule has 0 heterocycles. The molecule has 0 rings (SSSR count). The monoisotopic (exact) mass is 486 g/mol. The molecule has 3 unspecified atom stereocenters. The molecule has 11 nitrogen and oxygen atoms in total. The quantitative estimate of drug-likeness (QED) is 0.179. The van der Waals surface area contributed by atoms with Gasteiger partial charge in [0.25, 0.3) is 0 Å². The van der Waals surface area contributed by atoms with E-state index in [2.05, 4.69) is 10.6 Å². The first-order valence-corrected chi connectivity index (χ1v) is 11.5. The molecule has 1 amide bonds. The predicted molar refractivity (Wildman–Crippen MR) is 122 cm³/mol. The van der Waals surface area contributed by atoms with Crippen LogP contribution in [0.2, 0.25) is 0 Å². The summed E-state index contributed by atoms with van der Waals surface area (Å²) in [6.45, 7) is 7.18. The Morgan fingerprint density at radius 2 is 1.09 bits per heavy atom. The summed E-state index contributed by atoms with van der Waals surface area (Å²) < 4.78 is 0. The van der Waals surface area contributed by atoms with Crippen molar-refractivity contribution in [2.24, 2.45) is 11.8 Å². The summed E-state index contributed by atoms with van der Waals surface area (Å²) in [5, 5.41) is 32.5. The molecule has 0 bridgehead atoms. The van der Waals surface area contributed by atoms with E-state index in [1.807, 2.05) is 0 Å². The molecule has 5 N–H and O–H groups in total. The van der Waals surface area contributed by atoms with Gasteiger partial charge in [0.05, 0.1) is 12.1 Å². The molecular weight excluding hydrogens is 448 g/mol. The third kappa shape index (κ3) is 14.4. The number of carboxylic acid groups (broad SMARTS) is 3. The Morgan fingerprint density at radius 1 is 0.647 bits per heavy atom. The summed E-state index contributed by atoms with van der Waals surface area (Å²) in [5.41, 5.74) is 0. The maximum Gasteiger partial charge on any atom is 0.303 e. The lowest BCUT2D eigenvalue weighted by Gasteiger charge is -2.24. The van der Waals surface area contributed by atoms with Gasteiger partial charge in [0.1, 0.15) is 0 Å². The van der Waals surface area contributed by atoms with E-state index < -0.39 is 47.6 Å².